The summed E-state index contributed by atoms with van der Waals surface area (Å²) in [4.78, 5) is 17.2. The number of rotatable bonds is 5. The average Bonchev–Trinajstić information content (AvgIpc) is 3.18. The summed E-state index contributed by atoms with van der Waals surface area (Å²) in [7, 11) is 1.62. The van der Waals surface area contributed by atoms with Crippen LogP contribution < -0.4 is 10.2 Å². The summed E-state index contributed by atoms with van der Waals surface area (Å²) in [5.74, 6) is 0.325. The first-order chi connectivity index (χ1) is 14.5. The number of hydrogen-bond donors (Lipinski definition) is 1. The Morgan fingerprint density at radius 2 is 2.03 bits per heavy atom. The van der Waals surface area contributed by atoms with Gasteiger partial charge in [0.25, 0.3) is 5.91 Å². The minimum absolute atomic E-state index is 0.0844. The molecule has 1 fully saturated rings. The van der Waals surface area contributed by atoms with Crippen LogP contribution >= 0.6 is 0 Å². The molecule has 1 N–H and O–H groups in total. The minimum atomic E-state index is -0.291. The largest absolute Gasteiger partial charge is 0.495 e. The van der Waals surface area contributed by atoms with Crippen molar-refractivity contribution in [2.45, 2.75) is 19.9 Å². The predicted molar refractivity (Wildman–Crippen MR) is 112 cm³/mol. The van der Waals surface area contributed by atoms with Gasteiger partial charge in [-0.05, 0) is 54.8 Å². The number of ether oxygens (including phenoxy) is 1. The van der Waals surface area contributed by atoms with E-state index < -0.39 is 0 Å². The topological polar surface area (TPSA) is 59.4 Å². The number of nitrogens with zero attached hydrogens (tertiary/aromatic N) is 3. The Kier molecular flexibility index (Phi) is 5.63. The molecule has 0 spiro atoms. The lowest BCUT2D eigenvalue weighted by atomic mass is 10.0. The molecular weight excluding hydrogens is 383 g/mol. The van der Waals surface area contributed by atoms with Gasteiger partial charge in [-0.2, -0.15) is 0 Å². The third-order valence-corrected chi connectivity index (χ3v) is 5.01. The summed E-state index contributed by atoms with van der Waals surface area (Å²) in [5, 5.41) is 1.57. The van der Waals surface area contributed by atoms with Gasteiger partial charge in [-0.1, -0.05) is 18.2 Å². The van der Waals surface area contributed by atoms with Gasteiger partial charge in [-0.25, -0.2) is 14.8 Å². The zero-order valence-corrected chi connectivity index (χ0v) is 16.9. The Balaban J connectivity index is 1.56. The van der Waals surface area contributed by atoms with Crippen LogP contribution in [0.3, 0.4) is 0 Å². The molecule has 2 aromatic carbocycles. The Hall–Kier alpha value is -3.45. The monoisotopic (exact) mass is 406 g/mol. The Morgan fingerprint density at radius 1 is 1.23 bits per heavy atom. The molecule has 154 valence electrons. The fraction of sp³-hybridized carbons (Fsp3) is 0.217. The SMILES string of the molecule is COc1cc(/C=C2\CCNN(Cc3ccc(F)cc3)C2=O)ccc1-n1cnc(C)c1. The third kappa shape index (κ3) is 4.26. The molecule has 0 saturated carbocycles. The molecule has 1 aliphatic rings. The standard InChI is InChI=1S/C23H23FN4O2/c1-16-13-27(15-25-16)21-8-5-18(12-22(21)30-2)11-19-9-10-26-28(23(19)29)14-17-3-6-20(24)7-4-17/h3-8,11-13,15,26H,9-10,14H2,1-2H3/b19-11+. The fourth-order valence-electron chi connectivity index (χ4n) is 3.46. The van der Waals surface area contributed by atoms with Crippen molar-refractivity contribution in [2.24, 2.45) is 0 Å². The van der Waals surface area contributed by atoms with E-state index in [-0.39, 0.29) is 11.7 Å². The molecule has 1 amide bonds. The lowest BCUT2D eigenvalue weighted by molar-refractivity contribution is -0.132. The Morgan fingerprint density at radius 3 is 2.73 bits per heavy atom. The van der Waals surface area contributed by atoms with Crippen molar-refractivity contribution >= 4 is 12.0 Å². The summed E-state index contributed by atoms with van der Waals surface area (Å²) >= 11 is 0. The summed E-state index contributed by atoms with van der Waals surface area (Å²) < 4.78 is 20.6. The summed E-state index contributed by atoms with van der Waals surface area (Å²) in [5.41, 5.74) is 7.38. The number of nitrogens with one attached hydrogen (secondary N) is 1. The molecule has 4 rings (SSSR count). The van der Waals surface area contributed by atoms with Crippen LogP contribution in [0.5, 0.6) is 5.75 Å². The molecule has 0 atom stereocenters. The van der Waals surface area contributed by atoms with Gasteiger partial charge in [0.05, 0.1) is 31.4 Å². The zero-order chi connectivity index (χ0) is 21.1. The first-order valence-corrected chi connectivity index (χ1v) is 9.73. The maximum absolute atomic E-state index is 13.1. The van der Waals surface area contributed by atoms with Gasteiger partial charge in [-0.15, -0.1) is 0 Å². The van der Waals surface area contributed by atoms with E-state index in [2.05, 4.69) is 10.4 Å². The molecule has 2 heterocycles. The van der Waals surface area contributed by atoms with Gasteiger partial charge in [-0.3, -0.25) is 9.80 Å². The lowest BCUT2D eigenvalue weighted by Gasteiger charge is -2.29. The number of aryl methyl sites for hydroxylation is 1. The maximum atomic E-state index is 13.1. The maximum Gasteiger partial charge on any atom is 0.264 e. The number of hydrazine groups is 1. The molecule has 30 heavy (non-hydrogen) atoms. The van der Waals surface area contributed by atoms with Gasteiger partial charge in [0.2, 0.25) is 0 Å². The zero-order valence-electron chi connectivity index (χ0n) is 16.9. The molecule has 1 aromatic heterocycles. The summed E-state index contributed by atoms with van der Waals surface area (Å²) in [6.45, 7) is 2.96. The molecule has 7 heteroatoms. The second kappa shape index (κ2) is 8.51. The van der Waals surface area contributed by atoms with Gasteiger partial charge in [0, 0.05) is 18.3 Å². The van der Waals surface area contributed by atoms with Crippen LogP contribution in [0, 0.1) is 12.7 Å². The van der Waals surface area contributed by atoms with Crippen LogP contribution in [0.4, 0.5) is 4.39 Å². The summed E-state index contributed by atoms with van der Waals surface area (Å²) in [6.07, 6.45) is 6.20. The number of amides is 1. The number of carbonyl (C=O) groups excluding carboxylic acids is 1. The van der Waals surface area contributed by atoms with Crippen molar-refractivity contribution in [2.75, 3.05) is 13.7 Å². The highest BCUT2D eigenvalue weighted by molar-refractivity contribution is 5.98. The van der Waals surface area contributed by atoms with Crippen LogP contribution in [-0.2, 0) is 11.3 Å². The highest BCUT2D eigenvalue weighted by atomic mass is 19.1. The average molecular weight is 406 g/mol. The number of methoxy groups -OCH3 is 1. The molecule has 0 unspecified atom stereocenters. The van der Waals surface area contributed by atoms with Gasteiger partial charge >= 0.3 is 0 Å². The van der Waals surface area contributed by atoms with Crippen LogP contribution in [-0.4, -0.2) is 34.1 Å². The van der Waals surface area contributed by atoms with Crippen molar-refractivity contribution in [1.29, 1.82) is 0 Å². The van der Waals surface area contributed by atoms with Crippen molar-refractivity contribution in [1.82, 2.24) is 20.0 Å². The van der Waals surface area contributed by atoms with Crippen molar-refractivity contribution in [3.63, 3.8) is 0 Å². The molecular formula is C23H23FN4O2. The fourth-order valence-corrected chi connectivity index (χ4v) is 3.46. The lowest BCUT2D eigenvalue weighted by Crippen LogP contribution is -2.47. The second-order valence-electron chi connectivity index (χ2n) is 7.20. The quantitative estimate of drug-likeness (QED) is 0.657. The van der Waals surface area contributed by atoms with E-state index in [0.717, 1.165) is 22.5 Å². The number of benzene rings is 2. The molecule has 1 saturated heterocycles. The van der Waals surface area contributed by atoms with Crippen molar-refractivity contribution in [3.05, 3.63) is 83.2 Å². The van der Waals surface area contributed by atoms with Gasteiger partial charge < -0.3 is 9.30 Å². The highest BCUT2D eigenvalue weighted by Crippen LogP contribution is 2.26. The minimum Gasteiger partial charge on any atom is -0.495 e. The van der Waals surface area contributed by atoms with Crippen molar-refractivity contribution < 1.29 is 13.9 Å². The molecule has 0 radical (unpaired) electrons. The molecule has 0 aliphatic carbocycles. The van der Waals surface area contributed by atoms with E-state index in [4.69, 9.17) is 4.74 Å². The number of halogens is 1. The number of carbonyl (C=O) groups is 1. The van der Waals surface area contributed by atoms with Gasteiger partial charge in [0.15, 0.2) is 0 Å². The van der Waals surface area contributed by atoms with E-state index >= 15 is 0 Å². The van der Waals surface area contributed by atoms with Crippen LogP contribution in [0.2, 0.25) is 0 Å². The molecule has 0 bridgehead atoms. The van der Waals surface area contributed by atoms with Crippen LogP contribution in [0.15, 0.2) is 60.6 Å². The predicted octanol–water partition coefficient (Wildman–Crippen LogP) is 3.65. The van der Waals surface area contributed by atoms with E-state index in [1.807, 2.05) is 42.0 Å². The number of imidazole rings is 1. The van der Waals surface area contributed by atoms with Gasteiger partial charge in [0.1, 0.15) is 11.6 Å². The second-order valence-corrected chi connectivity index (χ2v) is 7.20. The van der Waals surface area contributed by atoms with Crippen LogP contribution in [0.1, 0.15) is 23.2 Å². The Labute approximate surface area is 174 Å². The van der Waals surface area contributed by atoms with E-state index in [0.29, 0.717) is 30.8 Å². The highest BCUT2D eigenvalue weighted by Gasteiger charge is 2.23. The van der Waals surface area contributed by atoms with Crippen LogP contribution in [0.25, 0.3) is 11.8 Å². The molecule has 6 nitrogen and oxygen atoms in total. The normalized spacial score (nSPS) is 15.6. The van der Waals surface area contributed by atoms with E-state index in [1.165, 1.54) is 12.1 Å². The molecule has 3 aromatic rings. The first kappa shape index (κ1) is 19.8. The third-order valence-electron chi connectivity index (χ3n) is 5.01. The Bertz CT molecular complexity index is 1090. The first-order valence-electron chi connectivity index (χ1n) is 9.73. The smallest absolute Gasteiger partial charge is 0.264 e. The molecule has 1 aliphatic heterocycles. The van der Waals surface area contributed by atoms with E-state index in [9.17, 15) is 9.18 Å². The number of hydrogen-bond acceptors (Lipinski definition) is 4. The van der Waals surface area contributed by atoms with Crippen molar-refractivity contribution in [3.8, 4) is 11.4 Å². The number of aromatic nitrogens is 2. The van der Waals surface area contributed by atoms with E-state index in [1.54, 1.807) is 30.6 Å². The summed E-state index contributed by atoms with van der Waals surface area (Å²) in [6, 6.07) is 12.0.